The number of hydrogen-bond donors (Lipinski definition) is 0. The van der Waals surface area contributed by atoms with Gasteiger partial charge in [0.1, 0.15) is 24.9 Å². The van der Waals surface area contributed by atoms with Crippen LogP contribution in [0.25, 0.3) is 10.2 Å². The Hall–Kier alpha value is -2.52. The van der Waals surface area contributed by atoms with Crippen molar-refractivity contribution >= 4 is 27.5 Å². The lowest BCUT2D eigenvalue weighted by Crippen LogP contribution is -2.20. The molecule has 0 aliphatic rings. The van der Waals surface area contributed by atoms with Crippen LogP contribution < -0.4 is 9.54 Å². The Balaban J connectivity index is 2.00. The molecule has 0 bridgehead atoms. The minimum absolute atomic E-state index is 0.0574. The Morgan fingerprint density at radius 2 is 2.25 bits per heavy atom. The second-order valence-electron chi connectivity index (χ2n) is 4.96. The maximum atomic E-state index is 12.2. The summed E-state index contributed by atoms with van der Waals surface area (Å²) < 4.78 is 14.8. The highest BCUT2D eigenvalue weighted by atomic mass is 32.1. The van der Waals surface area contributed by atoms with E-state index >= 15 is 0 Å². The highest BCUT2D eigenvalue weighted by molar-refractivity contribution is 7.16. The highest BCUT2D eigenvalue weighted by Gasteiger charge is 2.09. The lowest BCUT2D eigenvalue weighted by atomic mass is 10.3. The molecule has 0 unspecified atom stereocenters. The Labute approximate surface area is 142 Å². The van der Waals surface area contributed by atoms with Gasteiger partial charge in [0.2, 0.25) is 0 Å². The number of rotatable bonds is 6. The van der Waals surface area contributed by atoms with Crippen LogP contribution in [0.1, 0.15) is 0 Å². The molecule has 0 saturated heterocycles. The molecule has 2 heterocycles. The van der Waals surface area contributed by atoms with Gasteiger partial charge in [0.05, 0.1) is 23.9 Å². The van der Waals surface area contributed by atoms with Crippen LogP contribution in [0.3, 0.4) is 0 Å². The van der Waals surface area contributed by atoms with E-state index in [2.05, 4.69) is 15.1 Å². The molecule has 3 rings (SSSR count). The van der Waals surface area contributed by atoms with Gasteiger partial charge in [0, 0.05) is 13.7 Å². The normalized spacial score (nSPS) is 12.0. The zero-order valence-corrected chi connectivity index (χ0v) is 14.2. The first-order valence-corrected chi connectivity index (χ1v) is 8.09. The van der Waals surface area contributed by atoms with E-state index in [1.54, 1.807) is 14.2 Å². The lowest BCUT2D eigenvalue weighted by Gasteiger charge is -2.05. The summed E-state index contributed by atoms with van der Waals surface area (Å²) in [4.78, 5) is 20.9. The SMILES string of the molecule is COCCn1c(=NC(=O)Cn2cncn2)sc2cc(OC)ccc21. The number of methoxy groups -OCH3 is 2. The summed E-state index contributed by atoms with van der Waals surface area (Å²) in [7, 11) is 3.27. The average molecular weight is 347 g/mol. The van der Waals surface area contributed by atoms with Crippen LogP contribution in [0.4, 0.5) is 0 Å². The molecule has 0 radical (unpaired) electrons. The summed E-state index contributed by atoms with van der Waals surface area (Å²) in [5.41, 5.74) is 0.991. The van der Waals surface area contributed by atoms with Crippen molar-refractivity contribution in [3.05, 3.63) is 35.7 Å². The molecule has 24 heavy (non-hydrogen) atoms. The van der Waals surface area contributed by atoms with Gasteiger partial charge in [-0.1, -0.05) is 11.3 Å². The fourth-order valence-corrected chi connectivity index (χ4v) is 3.36. The predicted molar refractivity (Wildman–Crippen MR) is 88.8 cm³/mol. The number of carbonyl (C=O) groups excluding carboxylic acids is 1. The monoisotopic (exact) mass is 347 g/mol. The molecule has 8 nitrogen and oxygen atoms in total. The van der Waals surface area contributed by atoms with Crippen LogP contribution in [-0.2, 0) is 22.6 Å². The molecule has 2 aromatic heterocycles. The summed E-state index contributed by atoms with van der Waals surface area (Å²) in [5.74, 6) is 0.480. The number of fused-ring (bicyclic) bond motifs is 1. The number of nitrogens with zero attached hydrogens (tertiary/aromatic N) is 5. The topological polar surface area (TPSA) is 83.5 Å². The predicted octanol–water partition coefficient (Wildman–Crippen LogP) is 1.08. The zero-order chi connectivity index (χ0) is 16.9. The van der Waals surface area contributed by atoms with Gasteiger partial charge in [-0.25, -0.2) is 9.67 Å². The first-order chi connectivity index (χ1) is 11.7. The number of thiazole rings is 1. The van der Waals surface area contributed by atoms with E-state index in [0.717, 1.165) is 16.0 Å². The third kappa shape index (κ3) is 3.52. The van der Waals surface area contributed by atoms with Crippen molar-refractivity contribution in [2.45, 2.75) is 13.1 Å². The summed E-state index contributed by atoms with van der Waals surface area (Å²) >= 11 is 1.44. The average Bonchev–Trinajstić information content (AvgIpc) is 3.19. The van der Waals surface area contributed by atoms with E-state index in [0.29, 0.717) is 18.0 Å². The Kier molecular flexibility index (Phi) is 5.02. The zero-order valence-electron chi connectivity index (χ0n) is 13.4. The second-order valence-corrected chi connectivity index (χ2v) is 5.97. The van der Waals surface area contributed by atoms with Gasteiger partial charge in [-0.3, -0.25) is 4.79 Å². The number of amides is 1. The number of hydrogen-bond acceptors (Lipinski definition) is 6. The first-order valence-electron chi connectivity index (χ1n) is 7.27. The number of carbonyl (C=O) groups is 1. The smallest absolute Gasteiger partial charge is 0.270 e. The van der Waals surface area contributed by atoms with E-state index in [1.165, 1.54) is 28.7 Å². The van der Waals surface area contributed by atoms with Gasteiger partial charge >= 0.3 is 0 Å². The molecular formula is C15H17N5O3S. The molecule has 0 aliphatic heterocycles. The maximum absolute atomic E-state index is 12.2. The van der Waals surface area contributed by atoms with E-state index in [9.17, 15) is 4.79 Å². The second kappa shape index (κ2) is 7.37. The molecule has 126 valence electrons. The quantitative estimate of drug-likeness (QED) is 0.666. The summed E-state index contributed by atoms with van der Waals surface area (Å²) in [6.07, 6.45) is 2.87. The molecule has 1 aromatic carbocycles. The molecule has 0 saturated carbocycles. The molecule has 1 amide bonds. The largest absolute Gasteiger partial charge is 0.497 e. The van der Waals surface area contributed by atoms with Gasteiger partial charge in [-0.15, -0.1) is 0 Å². The van der Waals surface area contributed by atoms with Crippen molar-refractivity contribution in [2.75, 3.05) is 20.8 Å². The molecule has 0 aliphatic carbocycles. The van der Waals surface area contributed by atoms with Crippen molar-refractivity contribution < 1.29 is 14.3 Å². The first kappa shape index (κ1) is 16.3. The van der Waals surface area contributed by atoms with E-state index in [4.69, 9.17) is 9.47 Å². The third-order valence-corrected chi connectivity index (χ3v) is 4.43. The lowest BCUT2D eigenvalue weighted by molar-refractivity contribution is -0.118. The van der Waals surface area contributed by atoms with Gasteiger partial charge in [0.15, 0.2) is 4.80 Å². The number of ether oxygens (including phenoxy) is 2. The molecule has 0 fully saturated rings. The highest BCUT2D eigenvalue weighted by Crippen LogP contribution is 2.23. The van der Waals surface area contributed by atoms with Crippen LogP contribution in [0.15, 0.2) is 35.8 Å². The Bertz CT molecular complexity index is 898. The Morgan fingerprint density at radius 1 is 1.38 bits per heavy atom. The fraction of sp³-hybridized carbons (Fsp3) is 0.333. The molecule has 0 atom stereocenters. The molecule has 9 heteroatoms. The van der Waals surface area contributed by atoms with Gasteiger partial charge in [-0.2, -0.15) is 10.1 Å². The molecule has 0 N–H and O–H groups in total. The number of aromatic nitrogens is 4. The Morgan fingerprint density at radius 3 is 2.96 bits per heavy atom. The van der Waals surface area contributed by atoms with Crippen LogP contribution in [0, 0.1) is 0 Å². The van der Waals surface area contributed by atoms with E-state index in [-0.39, 0.29) is 12.5 Å². The molecular weight excluding hydrogens is 330 g/mol. The maximum Gasteiger partial charge on any atom is 0.270 e. The van der Waals surface area contributed by atoms with Gasteiger partial charge in [-0.05, 0) is 18.2 Å². The van der Waals surface area contributed by atoms with E-state index < -0.39 is 0 Å². The van der Waals surface area contributed by atoms with Crippen LogP contribution in [0.5, 0.6) is 5.75 Å². The summed E-state index contributed by atoms with van der Waals surface area (Å²) in [5, 5.41) is 3.92. The van der Waals surface area contributed by atoms with Crippen molar-refractivity contribution in [3.8, 4) is 5.75 Å². The van der Waals surface area contributed by atoms with Gasteiger partial charge in [0.25, 0.3) is 5.91 Å². The van der Waals surface area contributed by atoms with Crippen molar-refractivity contribution in [3.63, 3.8) is 0 Å². The van der Waals surface area contributed by atoms with E-state index in [1.807, 2.05) is 22.8 Å². The minimum Gasteiger partial charge on any atom is -0.497 e. The molecule has 3 aromatic rings. The summed E-state index contributed by atoms with van der Waals surface area (Å²) in [6, 6.07) is 5.78. The van der Waals surface area contributed by atoms with Crippen LogP contribution >= 0.6 is 11.3 Å². The van der Waals surface area contributed by atoms with Crippen LogP contribution in [-0.4, -0.2) is 46.1 Å². The minimum atomic E-state index is -0.287. The standard InChI is InChI=1S/C15H17N5O3S/c1-22-6-5-20-12-4-3-11(23-2)7-13(12)24-15(20)18-14(21)8-19-10-16-9-17-19/h3-4,7,9-10H,5-6,8H2,1-2H3. The fourth-order valence-electron chi connectivity index (χ4n) is 2.26. The van der Waals surface area contributed by atoms with Crippen LogP contribution in [0.2, 0.25) is 0 Å². The number of benzene rings is 1. The van der Waals surface area contributed by atoms with Crippen molar-refractivity contribution in [1.29, 1.82) is 0 Å². The van der Waals surface area contributed by atoms with Crippen molar-refractivity contribution in [1.82, 2.24) is 19.3 Å². The summed E-state index contributed by atoms with van der Waals surface area (Å²) in [6.45, 7) is 1.20. The van der Waals surface area contributed by atoms with Gasteiger partial charge < -0.3 is 14.0 Å². The third-order valence-electron chi connectivity index (χ3n) is 3.39. The molecule has 0 spiro atoms. The van der Waals surface area contributed by atoms with Crippen molar-refractivity contribution in [2.24, 2.45) is 4.99 Å².